The predicted octanol–water partition coefficient (Wildman–Crippen LogP) is 12.3. The van der Waals surface area contributed by atoms with Crippen LogP contribution >= 0.6 is 0 Å². The summed E-state index contributed by atoms with van der Waals surface area (Å²) in [7, 11) is 0. The molecule has 0 saturated heterocycles. The van der Waals surface area contributed by atoms with Gasteiger partial charge in [0.15, 0.2) is 0 Å². The van der Waals surface area contributed by atoms with E-state index < -0.39 is 0 Å². The highest BCUT2D eigenvalue weighted by atomic mass is 15.0. The normalized spacial score (nSPS) is 11.5. The maximum atomic E-state index is 10.5. The lowest BCUT2D eigenvalue weighted by Crippen LogP contribution is -2.01. The van der Waals surface area contributed by atoms with Crippen molar-refractivity contribution in [2.24, 2.45) is 0 Å². The van der Waals surface area contributed by atoms with Gasteiger partial charge in [-0.1, -0.05) is 84.9 Å². The lowest BCUT2D eigenvalue weighted by Gasteiger charge is -2.16. The highest BCUT2D eigenvalue weighted by Crippen LogP contribution is 2.40. The first-order valence-electron chi connectivity index (χ1n) is 18.7. The first-order valence-corrected chi connectivity index (χ1v) is 18.7. The average molecular weight is 725 g/mol. The molecule has 0 aliphatic rings. The fourth-order valence-corrected chi connectivity index (χ4v) is 8.88. The summed E-state index contributed by atoms with van der Waals surface area (Å²) in [5, 5.41) is 36.5. The molecule has 3 aromatic heterocycles. The van der Waals surface area contributed by atoms with E-state index in [1.165, 1.54) is 32.6 Å². The Bertz CT molecular complexity index is 3490. The number of nitriles is 3. The van der Waals surface area contributed by atoms with Gasteiger partial charge in [0.25, 0.3) is 0 Å². The van der Waals surface area contributed by atoms with E-state index in [1.807, 2.05) is 36.4 Å². The van der Waals surface area contributed by atoms with Crippen LogP contribution in [0.5, 0.6) is 0 Å². The molecule has 0 atom stereocenters. The molecule has 0 amide bonds. The molecule has 0 radical (unpaired) electrons. The summed E-state index contributed by atoms with van der Waals surface area (Å²) in [6.07, 6.45) is 0. The molecule has 0 spiro atoms. The molecule has 6 nitrogen and oxygen atoms in total. The van der Waals surface area contributed by atoms with E-state index in [0.717, 1.165) is 61.0 Å². The van der Waals surface area contributed by atoms with Crippen molar-refractivity contribution in [3.05, 3.63) is 187 Å². The molecule has 11 rings (SSSR count). The van der Waals surface area contributed by atoms with Crippen LogP contribution in [-0.4, -0.2) is 13.7 Å². The maximum Gasteiger partial charge on any atom is 0.101 e. The van der Waals surface area contributed by atoms with Crippen LogP contribution in [0.1, 0.15) is 16.7 Å². The van der Waals surface area contributed by atoms with Crippen LogP contribution in [0.4, 0.5) is 0 Å². The van der Waals surface area contributed by atoms with Crippen molar-refractivity contribution in [1.29, 1.82) is 15.8 Å². The molecule has 3 heterocycles. The summed E-state index contributed by atoms with van der Waals surface area (Å²) < 4.78 is 6.79. The smallest absolute Gasteiger partial charge is 0.101 e. The van der Waals surface area contributed by atoms with E-state index >= 15 is 0 Å². The molecule has 11 aromatic rings. The van der Waals surface area contributed by atoms with Gasteiger partial charge in [-0.25, -0.2) is 0 Å². The van der Waals surface area contributed by atoms with Gasteiger partial charge >= 0.3 is 0 Å². The highest BCUT2D eigenvalue weighted by molar-refractivity contribution is 6.13. The SMILES string of the molecule is N#Cc1ccc2c(c1)c1cc(C#N)ccc1n2-c1c(C#N)cccc1-c1ccc(-n2c3ccccc3c3ccc(-n4c5ccccc5c5ccccc54)cc32)cc1. The van der Waals surface area contributed by atoms with Gasteiger partial charge in [0.1, 0.15) is 6.07 Å². The second-order valence-corrected chi connectivity index (χ2v) is 14.3. The average Bonchev–Trinajstić information content (AvgIpc) is 3.90. The zero-order valence-corrected chi connectivity index (χ0v) is 30.3. The molecular weight excluding hydrogens is 697 g/mol. The fourth-order valence-electron chi connectivity index (χ4n) is 8.88. The number of hydrogen-bond acceptors (Lipinski definition) is 3. The summed E-state index contributed by atoms with van der Waals surface area (Å²) in [4.78, 5) is 0. The molecule has 57 heavy (non-hydrogen) atoms. The first kappa shape index (κ1) is 32.1. The number of fused-ring (bicyclic) bond motifs is 9. The minimum absolute atomic E-state index is 0.518. The van der Waals surface area contributed by atoms with E-state index in [4.69, 9.17) is 0 Å². The maximum absolute atomic E-state index is 10.5. The van der Waals surface area contributed by atoms with Crippen LogP contribution < -0.4 is 0 Å². The fraction of sp³-hybridized carbons (Fsp3) is 0. The second kappa shape index (κ2) is 12.3. The third-order valence-corrected chi connectivity index (χ3v) is 11.3. The largest absolute Gasteiger partial charge is 0.309 e. The molecule has 0 unspecified atom stereocenters. The number of para-hydroxylation sites is 4. The summed E-state index contributed by atoms with van der Waals surface area (Å²) in [6.45, 7) is 0. The Morgan fingerprint density at radius 2 is 0.825 bits per heavy atom. The van der Waals surface area contributed by atoms with Crippen LogP contribution in [0.15, 0.2) is 170 Å². The molecule has 0 bridgehead atoms. The molecule has 0 aliphatic carbocycles. The Hall–Kier alpha value is -8.37. The van der Waals surface area contributed by atoms with E-state index in [0.29, 0.717) is 16.7 Å². The molecule has 0 fully saturated rings. The lowest BCUT2D eigenvalue weighted by molar-refractivity contribution is 1.15. The molecule has 262 valence electrons. The van der Waals surface area contributed by atoms with Crippen LogP contribution in [0, 0.1) is 34.0 Å². The minimum atomic E-state index is 0.518. The summed E-state index contributed by atoms with van der Waals surface area (Å²) in [5.41, 5.74) is 12.5. The van der Waals surface area contributed by atoms with Crippen molar-refractivity contribution in [1.82, 2.24) is 13.7 Å². The molecule has 8 aromatic carbocycles. The Morgan fingerprint density at radius 1 is 0.333 bits per heavy atom. The van der Waals surface area contributed by atoms with Gasteiger partial charge in [0, 0.05) is 49.3 Å². The van der Waals surface area contributed by atoms with Crippen molar-refractivity contribution in [3.8, 4) is 46.4 Å². The molecule has 0 aliphatic heterocycles. The molecule has 0 N–H and O–H groups in total. The molecular formula is C51H28N6. The quantitative estimate of drug-likeness (QED) is 0.181. The summed E-state index contributed by atoms with van der Waals surface area (Å²) in [6, 6.07) is 65.0. The molecule has 6 heteroatoms. The van der Waals surface area contributed by atoms with Gasteiger partial charge in [-0.2, -0.15) is 15.8 Å². The van der Waals surface area contributed by atoms with E-state index in [-0.39, 0.29) is 0 Å². The van der Waals surface area contributed by atoms with Gasteiger partial charge in [-0.3, -0.25) is 0 Å². The second-order valence-electron chi connectivity index (χ2n) is 14.3. The molecule has 0 saturated carbocycles. The zero-order valence-electron chi connectivity index (χ0n) is 30.3. The van der Waals surface area contributed by atoms with E-state index in [1.54, 1.807) is 12.1 Å². The van der Waals surface area contributed by atoms with Gasteiger partial charge in [-0.15, -0.1) is 0 Å². The Labute approximate surface area is 326 Å². The lowest BCUT2D eigenvalue weighted by atomic mass is 9.99. The van der Waals surface area contributed by atoms with Gasteiger partial charge in [-0.05, 0) is 90.5 Å². The van der Waals surface area contributed by atoms with Crippen molar-refractivity contribution in [2.45, 2.75) is 0 Å². The standard InChI is InChI=1S/C51H28N6/c52-29-32-16-24-48-43(26-32)44-27-33(30-53)17-25-49(44)57(48)51-35(31-54)8-7-12-38(51)34-18-20-36(21-19-34)55-45-13-4-3-11-41(45)42-23-22-37(28-50(42)55)56-46-14-5-1-9-39(46)40-10-2-6-15-47(40)56/h1-28H. The monoisotopic (exact) mass is 724 g/mol. The van der Waals surface area contributed by atoms with E-state index in [9.17, 15) is 15.8 Å². The Kier molecular flexibility index (Phi) is 6.95. The van der Waals surface area contributed by atoms with E-state index in [2.05, 4.69) is 153 Å². The summed E-state index contributed by atoms with van der Waals surface area (Å²) in [5.74, 6) is 0. The van der Waals surface area contributed by atoms with Crippen molar-refractivity contribution in [2.75, 3.05) is 0 Å². The third kappa shape index (κ3) is 4.68. The van der Waals surface area contributed by atoms with Crippen LogP contribution in [-0.2, 0) is 0 Å². The highest BCUT2D eigenvalue weighted by Gasteiger charge is 2.21. The number of nitrogens with zero attached hydrogens (tertiary/aromatic N) is 6. The number of hydrogen-bond donors (Lipinski definition) is 0. The summed E-state index contributed by atoms with van der Waals surface area (Å²) >= 11 is 0. The van der Waals surface area contributed by atoms with Crippen molar-refractivity contribution >= 4 is 65.4 Å². The Balaban J connectivity index is 1.11. The number of aromatic nitrogens is 3. The van der Waals surface area contributed by atoms with Crippen molar-refractivity contribution in [3.63, 3.8) is 0 Å². The van der Waals surface area contributed by atoms with Crippen LogP contribution in [0.25, 0.3) is 93.6 Å². The number of rotatable bonds is 4. The minimum Gasteiger partial charge on any atom is -0.309 e. The van der Waals surface area contributed by atoms with Gasteiger partial charge < -0.3 is 13.7 Å². The third-order valence-electron chi connectivity index (χ3n) is 11.3. The van der Waals surface area contributed by atoms with Crippen LogP contribution in [0.3, 0.4) is 0 Å². The Morgan fingerprint density at radius 3 is 1.37 bits per heavy atom. The van der Waals surface area contributed by atoms with Gasteiger partial charge in [0.2, 0.25) is 0 Å². The first-order chi connectivity index (χ1) is 28.1. The van der Waals surface area contributed by atoms with Gasteiger partial charge in [0.05, 0.1) is 67.6 Å². The predicted molar refractivity (Wildman–Crippen MR) is 229 cm³/mol. The zero-order chi connectivity index (χ0) is 38.2. The van der Waals surface area contributed by atoms with Crippen molar-refractivity contribution < 1.29 is 0 Å². The number of benzene rings is 8. The van der Waals surface area contributed by atoms with Crippen LogP contribution in [0.2, 0.25) is 0 Å². The topological polar surface area (TPSA) is 86.2 Å².